The summed E-state index contributed by atoms with van der Waals surface area (Å²) in [4.78, 5) is 0. The third-order valence-corrected chi connectivity index (χ3v) is 3.75. The number of hydrogen-bond acceptors (Lipinski definition) is 3. The molecule has 2 aromatic rings. The van der Waals surface area contributed by atoms with Crippen LogP contribution in [0.25, 0.3) is 10.8 Å². The maximum atomic E-state index is 12.4. The summed E-state index contributed by atoms with van der Waals surface area (Å²) in [5, 5.41) is 0.831. The third kappa shape index (κ3) is 2.51. The van der Waals surface area contributed by atoms with Gasteiger partial charge in [0.15, 0.2) is 0 Å². The Morgan fingerprint density at radius 1 is 1.05 bits per heavy atom. The molecule has 0 fully saturated rings. The summed E-state index contributed by atoms with van der Waals surface area (Å²) in [6.07, 6.45) is 0. The number of methoxy groups -OCH3 is 1. The van der Waals surface area contributed by atoms with Gasteiger partial charge in [0, 0.05) is 10.8 Å². The van der Waals surface area contributed by atoms with Crippen molar-refractivity contribution < 1.29 is 26.3 Å². The monoisotopic (exact) mass is 305 g/mol. The van der Waals surface area contributed by atoms with Crippen LogP contribution in [0.2, 0.25) is 0 Å². The van der Waals surface area contributed by atoms with Crippen LogP contribution in [-0.2, 0) is 10.0 Å². The van der Waals surface area contributed by atoms with Gasteiger partial charge in [-0.05, 0) is 12.1 Å². The van der Waals surface area contributed by atoms with E-state index in [0.29, 0.717) is 16.5 Å². The summed E-state index contributed by atoms with van der Waals surface area (Å²) in [5.41, 5.74) is -5.52. The minimum absolute atomic E-state index is 0.154. The molecule has 0 saturated heterocycles. The Labute approximate surface area is 113 Å². The summed E-state index contributed by atoms with van der Waals surface area (Å²) in [7, 11) is -4.03. The molecule has 0 aliphatic rings. The zero-order valence-corrected chi connectivity index (χ0v) is 11.0. The number of benzene rings is 2. The highest BCUT2D eigenvalue weighted by atomic mass is 32.2. The fourth-order valence-electron chi connectivity index (χ4n) is 1.74. The summed E-state index contributed by atoms with van der Waals surface area (Å²) in [6.45, 7) is 0. The molecule has 0 radical (unpaired) electrons. The van der Waals surface area contributed by atoms with E-state index in [9.17, 15) is 21.6 Å². The first kappa shape index (κ1) is 14.4. The maximum Gasteiger partial charge on any atom is 0.516 e. The van der Waals surface area contributed by atoms with E-state index >= 15 is 0 Å². The van der Waals surface area contributed by atoms with Crippen molar-refractivity contribution >= 4 is 26.5 Å². The molecule has 0 spiro atoms. The van der Waals surface area contributed by atoms with Gasteiger partial charge in [0.1, 0.15) is 5.75 Å². The van der Waals surface area contributed by atoms with Crippen molar-refractivity contribution in [1.29, 1.82) is 0 Å². The molecule has 0 bridgehead atoms. The molecular formula is C12H10F3NO3S. The highest BCUT2D eigenvalue weighted by molar-refractivity contribution is 7.93. The molecule has 2 aromatic carbocycles. The van der Waals surface area contributed by atoms with Gasteiger partial charge in [0.05, 0.1) is 12.8 Å². The normalized spacial score (nSPS) is 12.4. The van der Waals surface area contributed by atoms with E-state index in [1.165, 1.54) is 25.3 Å². The average molecular weight is 305 g/mol. The van der Waals surface area contributed by atoms with Gasteiger partial charge in [0.2, 0.25) is 0 Å². The average Bonchev–Trinajstić information content (AvgIpc) is 2.37. The number of rotatable bonds is 3. The van der Waals surface area contributed by atoms with Crippen molar-refractivity contribution in [2.45, 2.75) is 5.51 Å². The van der Waals surface area contributed by atoms with Crippen LogP contribution in [0.4, 0.5) is 18.9 Å². The number of nitrogens with one attached hydrogen (secondary N) is 1. The number of anilines is 1. The molecule has 2 rings (SSSR count). The summed E-state index contributed by atoms with van der Waals surface area (Å²) < 4.78 is 66.1. The van der Waals surface area contributed by atoms with Gasteiger partial charge < -0.3 is 4.74 Å². The summed E-state index contributed by atoms with van der Waals surface area (Å²) >= 11 is 0. The Morgan fingerprint density at radius 2 is 1.65 bits per heavy atom. The van der Waals surface area contributed by atoms with Crippen molar-refractivity contribution in [2.24, 2.45) is 0 Å². The molecule has 0 unspecified atom stereocenters. The van der Waals surface area contributed by atoms with Gasteiger partial charge in [-0.2, -0.15) is 21.6 Å². The number of halogens is 3. The molecule has 4 nitrogen and oxygen atoms in total. The molecule has 0 aromatic heterocycles. The Balaban J connectivity index is 2.58. The number of fused-ring (bicyclic) bond motifs is 1. The number of sulfonamides is 1. The standard InChI is InChI=1S/C12H10F3NO3S/c1-19-11-7-6-10(8-4-2-3-5-9(8)11)16-20(17,18)12(13,14)15/h2-7,16H,1H3. The van der Waals surface area contributed by atoms with Crippen molar-refractivity contribution in [3.63, 3.8) is 0 Å². The maximum absolute atomic E-state index is 12.4. The van der Waals surface area contributed by atoms with Crippen molar-refractivity contribution in [3.05, 3.63) is 36.4 Å². The van der Waals surface area contributed by atoms with E-state index in [4.69, 9.17) is 4.74 Å². The van der Waals surface area contributed by atoms with Crippen LogP contribution in [-0.4, -0.2) is 21.0 Å². The smallest absolute Gasteiger partial charge is 0.496 e. The Morgan fingerprint density at radius 3 is 2.20 bits per heavy atom. The van der Waals surface area contributed by atoms with Gasteiger partial charge in [-0.25, -0.2) is 0 Å². The van der Waals surface area contributed by atoms with Crippen LogP contribution in [0, 0.1) is 0 Å². The van der Waals surface area contributed by atoms with Gasteiger partial charge in [-0.15, -0.1) is 0 Å². The van der Waals surface area contributed by atoms with E-state index < -0.39 is 15.5 Å². The Bertz CT molecular complexity index is 741. The van der Waals surface area contributed by atoms with Crippen molar-refractivity contribution in [2.75, 3.05) is 11.8 Å². The first-order valence-electron chi connectivity index (χ1n) is 5.41. The topological polar surface area (TPSA) is 55.4 Å². The van der Waals surface area contributed by atoms with Gasteiger partial charge in [-0.3, -0.25) is 4.72 Å². The van der Waals surface area contributed by atoms with Crippen LogP contribution < -0.4 is 9.46 Å². The lowest BCUT2D eigenvalue weighted by atomic mass is 10.1. The van der Waals surface area contributed by atoms with Gasteiger partial charge in [0.25, 0.3) is 0 Å². The van der Waals surface area contributed by atoms with Crippen LogP contribution in [0.5, 0.6) is 5.75 Å². The SMILES string of the molecule is COc1ccc(NS(=O)(=O)C(F)(F)F)c2ccccc12. The molecular weight excluding hydrogens is 295 g/mol. The quantitative estimate of drug-likeness (QED) is 0.948. The third-order valence-electron chi connectivity index (χ3n) is 2.65. The van der Waals surface area contributed by atoms with E-state index in [0.717, 1.165) is 0 Å². The predicted octanol–water partition coefficient (Wildman–Crippen LogP) is 3.11. The molecule has 0 atom stereocenters. The number of ether oxygens (including phenoxy) is 1. The van der Waals surface area contributed by atoms with Crippen molar-refractivity contribution in [3.8, 4) is 5.75 Å². The lowest BCUT2D eigenvalue weighted by Gasteiger charge is -2.14. The van der Waals surface area contributed by atoms with E-state index in [1.54, 1.807) is 22.9 Å². The second-order valence-corrected chi connectivity index (χ2v) is 5.59. The first-order valence-corrected chi connectivity index (χ1v) is 6.89. The minimum Gasteiger partial charge on any atom is -0.496 e. The highest BCUT2D eigenvalue weighted by Crippen LogP contribution is 2.34. The second-order valence-electron chi connectivity index (χ2n) is 3.91. The van der Waals surface area contributed by atoms with Crippen LogP contribution in [0.1, 0.15) is 0 Å². The zero-order chi connectivity index (χ0) is 15.0. The largest absolute Gasteiger partial charge is 0.516 e. The molecule has 8 heteroatoms. The predicted molar refractivity (Wildman–Crippen MR) is 69.1 cm³/mol. The molecule has 1 N–H and O–H groups in total. The van der Waals surface area contributed by atoms with E-state index in [2.05, 4.69) is 0 Å². The van der Waals surface area contributed by atoms with Gasteiger partial charge in [-0.1, -0.05) is 24.3 Å². The minimum atomic E-state index is -5.45. The van der Waals surface area contributed by atoms with E-state index in [-0.39, 0.29) is 5.69 Å². The molecule has 0 amide bonds. The summed E-state index contributed by atoms with van der Waals surface area (Å²) in [5.74, 6) is 0.440. The lowest BCUT2D eigenvalue weighted by Crippen LogP contribution is -2.29. The fraction of sp³-hybridized carbons (Fsp3) is 0.167. The molecule has 0 aliphatic heterocycles. The van der Waals surface area contributed by atoms with Crippen molar-refractivity contribution in [1.82, 2.24) is 0 Å². The molecule has 0 aliphatic carbocycles. The van der Waals surface area contributed by atoms with Crippen LogP contribution in [0.3, 0.4) is 0 Å². The second kappa shape index (κ2) is 4.86. The lowest BCUT2D eigenvalue weighted by molar-refractivity contribution is -0.0429. The Hall–Kier alpha value is -1.96. The van der Waals surface area contributed by atoms with Gasteiger partial charge >= 0.3 is 15.5 Å². The van der Waals surface area contributed by atoms with Crippen LogP contribution >= 0.6 is 0 Å². The van der Waals surface area contributed by atoms with E-state index in [1.807, 2.05) is 0 Å². The van der Waals surface area contributed by atoms with Crippen LogP contribution in [0.15, 0.2) is 36.4 Å². The molecule has 0 heterocycles. The molecule has 0 saturated carbocycles. The zero-order valence-electron chi connectivity index (χ0n) is 10.2. The highest BCUT2D eigenvalue weighted by Gasteiger charge is 2.46. The molecule has 108 valence electrons. The first-order chi connectivity index (χ1) is 9.26. The Kier molecular flexibility index (Phi) is 3.51. The molecule has 20 heavy (non-hydrogen) atoms. The summed E-state index contributed by atoms with van der Waals surface area (Å²) in [6, 6.07) is 9.02. The number of hydrogen-bond donors (Lipinski definition) is 1. The fourth-order valence-corrected chi connectivity index (χ4v) is 2.32. The number of alkyl halides is 3.